The number of nitrogens with two attached hydrogens (primary N) is 1. The number of nitrogens with zero attached hydrogens (tertiary/aromatic N) is 4. The summed E-state index contributed by atoms with van der Waals surface area (Å²) in [6, 6.07) is 6.35. The third-order valence-electron chi connectivity index (χ3n) is 6.01. The van der Waals surface area contributed by atoms with Gasteiger partial charge in [0, 0.05) is 11.5 Å². The molecule has 0 fully saturated rings. The summed E-state index contributed by atoms with van der Waals surface area (Å²) in [5.74, 6) is -0.0886. The molecule has 0 saturated heterocycles. The maximum atomic E-state index is 13.8. The van der Waals surface area contributed by atoms with Crippen LogP contribution < -0.4 is 25.5 Å². The molecule has 18 nitrogen and oxygen atoms in total. The van der Waals surface area contributed by atoms with Crippen LogP contribution in [0.2, 0.25) is 0 Å². The van der Waals surface area contributed by atoms with Crippen LogP contribution in [0, 0.1) is 0 Å². The Kier molecular flexibility index (Phi) is 13.5. The van der Waals surface area contributed by atoms with Gasteiger partial charge in [-0.3, -0.25) is 24.6 Å². The average molecular weight is 756 g/mol. The van der Waals surface area contributed by atoms with Gasteiger partial charge in [-0.2, -0.15) is 0 Å². The number of carbonyl (C=O) groups is 1. The number of fused-ring (bicyclic) bond motifs is 1. The largest absolute Gasteiger partial charge is 0.462 e. The summed E-state index contributed by atoms with van der Waals surface area (Å²) in [6.07, 6.45) is -2.35. The first kappa shape index (κ1) is 37.8. The molecule has 0 saturated carbocycles. The zero-order valence-corrected chi connectivity index (χ0v) is 29.2. The molecule has 0 bridgehead atoms. The monoisotopic (exact) mass is 754 g/mol. The SMILES string of the molecule is CCC(OC(COP(=O)(NCC(=O)OC(C)C)Oc1ccc(Br)cc1)[C@@H](O)CO)n1cnc2c1NC(N)N=C2N(C)NS(C)(=O)=O. The second kappa shape index (κ2) is 16.4. The highest BCUT2D eigenvalue weighted by Crippen LogP contribution is 2.45. The van der Waals surface area contributed by atoms with Crippen molar-refractivity contribution in [2.45, 2.75) is 58.0 Å². The van der Waals surface area contributed by atoms with Gasteiger partial charge in [-0.05, 0) is 44.5 Å². The number of hydrogen-bond acceptors (Lipinski definition) is 15. The standard InChI is InChI=1S/C25H40BrN8O10PS/c1-6-20(34-14-28-22-23(30-25(27)31-24(22)34)33(4)32-46(5,39)40)43-19(18(36)12-35)13-41-45(38,29-11-21(37)42-15(2)3)44-17-9-7-16(26)8-10-17/h7-10,14-15,18-20,25,31-32,35-36H,6,11-13,27H2,1-5H3,(H,29,38)/t18-,19?,20?,25?,45?/m0/s1. The number of imidazole rings is 1. The number of aliphatic imine (C=N–C) groups is 1. The van der Waals surface area contributed by atoms with Gasteiger partial charge in [-0.15, -0.1) is 4.83 Å². The maximum Gasteiger partial charge on any atom is 0.459 e. The summed E-state index contributed by atoms with van der Waals surface area (Å²) in [5.41, 5.74) is 6.31. The summed E-state index contributed by atoms with van der Waals surface area (Å²) in [7, 11) is -6.51. The van der Waals surface area contributed by atoms with Crippen molar-refractivity contribution in [2.75, 3.05) is 38.4 Å². The maximum absolute atomic E-state index is 13.8. The van der Waals surface area contributed by atoms with Crippen LogP contribution in [0.25, 0.3) is 0 Å². The number of carbonyl (C=O) groups excluding carboxylic acids is 1. The molecule has 0 aliphatic carbocycles. The molecular formula is C25H40BrN8O10PS. The number of benzene rings is 1. The highest BCUT2D eigenvalue weighted by atomic mass is 79.9. The second-order valence-corrected chi connectivity index (χ2v) is 14.7. The Bertz CT molecular complexity index is 1510. The molecule has 0 amide bonds. The first-order chi connectivity index (χ1) is 21.5. The fourth-order valence-electron chi connectivity index (χ4n) is 4.08. The summed E-state index contributed by atoms with van der Waals surface area (Å²) in [4.78, 5) is 23.1. The number of halogens is 1. The number of hydrazine groups is 1. The van der Waals surface area contributed by atoms with E-state index in [1.807, 2.05) is 0 Å². The van der Waals surface area contributed by atoms with Crippen molar-refractivity contribution in [3.8, 4) is 5.75 Å². The Hall–Kier alpha value is -2.65. The van der Waals surface area contributed by atoms with Crippen LogP contribution in [0.15, 0.2) is 40.1 Å². The number of aromatic nitrogens is 2. The molecule has 1 aliphatic heterocycles. The van der Waals surface area contributed by atoms with E-state index in [2.05, 4.69) is 41.1 Å². The molecular weight excluding hydrogens is 715 g/mol. The average Bonchev–Trinajstić information content (AvgIpc) is 3.39. The summed E-state index contributed by atoms with van der Waals surface area (Å²) >= 11 is 3.31. The van der Waals surface area contributed by atoms with E-state index in [0.29, 0.717) is 12.2 Å². The topological polar surface area (TPSA) is 241 Å². The third-order valence-corrected chi connectivity index (χ3v) is 8.63. The first-order valence-electron chi connectivity index (χ1n) is 14.0. The summed E-state index contributed by atoms with van der Waals surface area (Å²) in [5, 5.41) is 27.0. The van der Waals surface area contributed by atoms with E-state index in [0.717, 1.165) is 15.7 Å². The van der Waals surface area contributed by atoms with Crippen molar-refractivity contribution in [2.24, 2.45) is 10.7 Å². The molecule has 0 spiro atoms. The first-order valence-corrected chi connectivity index (χ1v) is 18.2. The van der Waals surface area contributed by atoms with E-state index < -0.39 is 74.3 Å². The molecule has 1 aliphatic rings. The van der Waals surface area contributed by atoms with Gasteiger partial charge in [0.2, 0.25) is 10.0 Å². The molecule has 258 valence electrons. The quantitative estimate of drug-likeness (QED) is 0.0745. The van der Waals surface area contributed by atoms with Crippen molar-refractivity contribution < 1.29 is 46.5 Å². The number of aliphatic hydroxyl groups excluding tert-OH is 2. The lowest BCUT2D eigenvalue weighted by Gasteiger charge is -2.31. The molecule has 46 heavy (non-hydrogen) atoms. The lowest BCUT2D eigenvalue weighted by molar-refractivity contribution is -0.146. The van der Waals surface area contributed by atoms with Crippen LogP contribution in [0.4, 0.5) is 5.82 Å². The van der Waals surface area contributed by atoms with Crippen molar-refractivity contribution >= 4 is 51.3 Å². The Balaban J connectivity index is 1.84. The predicted molar refractivity (Wildman–Crippen MR) is 171 cm³/mol. The Morgan fingerprint density at radius 2 is 1.98 bits per heavy atom. The van der Waals surface area contributed by atoms with Crippen LogP contribution in [0.5, 0.6) is 5.75 Å². The Labute approximate surface area is 275 Å². The third kappa shape index (κ3) is 11.0. The molecule has 5 atom stereocenters. The molecule has 2 aromatic rings. The van der Waals surface area contributed by atoms with Gasteiger partial charge in [-0.1, -0.05) is 22.9 Å². The number of rotatable bonds is 17. The number of amidine groups is 1. The molecule has 21 heteroatoms. The molecule has 7 N–H and O–H groups in total. The van der Waals surface area contributed by atoms with Crippen molar-refractivity contribution in [1.29, 1.82) is 0 Å². The molecule has 3 rings (SSSR count). The van der Waals surface area contributed by atoms with Gasteiger partial charge in [0.1, 0.15) is 42.2 Å². The van der Waals surface area contributed by atoms with E-state index in [4.69, 9.17) is 24.3 Å². The predicted octanol–water partition coefficient (Wildman–Crippen LogP) is 0.848. The van der Waals surface area contributed by atoms with Gasteiger partial charge in [0.25, 0.3) is 0 Å². The summed E-state index contributed by atoms with van der Waals surface area (Å²) in [6.45, 7) is 3.29. The van der Waals surface area contributed by atoms with Gasteiger partial charge >= 0.3 is 13.7 Å². The lowest BCUT2D eigenvalue weighted by atomic mass is 10.2. The fraction of sp³-hybridized carbons (Fsp3) is 0.560. The number of nitrogens with one attached hydrogen (secondary N) is 3. The van der Waals surface area contributed by atoms with Gasteiger partial charge in [0.15, 0.2) is 12.1 Å². The molecule has 2 heterocycles. The number of sulfonamides is 1. The van der Waals surface area contributed by atoms with Gasteiger partial charge in [0.05, 0.1) is 31.9 Å². The van der Waals surface area contributed by atoms with Crippen LogP contribution in [-0.2, 0) is 33.4 Å². The molecule has 1 aromatic heterocycles. The second-order valence-electron chi connectivity index (χ2n) is 10.3. The van der Waals surface area contributed by atoms with Crippen molar-refractivity contribution in [3.05, 3.63) is 40.8 Å². The number of aliphatic hydroxyl groups is 2. The highest BCUT2D eigenvalue weighted by molar-refractivity contribution is 9.10. The molecule has 0 radical (unpaired) electrons. The smallest absolute Gasteiger partial charge is 0.459 e. The van der Waals surface area contributed by atoms with E-state index in [9.17, 15) is 28.0 Å². The van der Waals surface area contributed by atoms with Crippen molar-refractivity contribution in [1.82, 2.24) is 24.5 Å². The minimum absolute atomic E-state index is 0.128. The molecule has 1 aromatic carbocycles. The minimum atomic E-state index is -4.30. The fourth-order valence-corrected chi connectivity index (χ4v) is 6.21. The van der Waals surface area contributed by atoms with Crippen LogP contribution >= 0.6 is 23.7 Å². The Morgan fingerprint density at radius 3 is 2.57 bits per heavy atom. The van der Waals surface area contributed by atoms with Crippen molar-refractivity contribution in [3.63, 3.8) is 0 Å². The van der Waals surface area contributed by atoms with Gasteiger partial charge < -0.3 is 29.5 Å². The van der Waals surface area contributed by atoms with E-state index in [1.54, 1.807) is 37.5 Å². The zero-order valence-electron chi connectivity index (χ0n) is 25.9. The van der Waals surface area contributed by atoms with Gasteiger partial charge in [-0.25, -0.2) is 28.0 Å². The van der Waals surface area contributed by atoms with Crippen LogP contribution in [0.1, 0.15) is 39.1 Å². The Morgan fingerprint density at radius 1 is 1.30 bits per heavy atom. The normalized spacial score (nSPS) is 18.0. The highest BCUT2D eigenvalue weighted by Gasteiger charge is 2.34. The van der Waals surface area contributed by atoms with Crippen LogP contribution in [-0.4, -0.2) is 103 Å². The summed E-state index contributed by atoms with van der Waals surface area (Å²) < 4.78 is 62.2. The van der Waals surface area contributed by atoms with E-state index in [1.165, 1.54) is 25.5 Å². The van der Waals surface area contributed by atoms with E-state index in [-0.39, 0.29) is 17.3 Å². The number of anilines is 1. The van der Waals surface area contributed by atoms with E-state index >= 15 is 0 Å². The zero-order chi connectivity index (χ0) is 34.2. The lowest BCUT2D eigenvalue weighted by Crippen LogP contribution is -2.47. The molecule has 4 unspecified atom stereocenters. The number of ether oxygens (including phenoxy) is 2. The number of esters is 1. The van der Waals surface area contributed by atoms with Crippen LogP contribution in [0.3, 0.4) is 0 Å². The minimum Gasteiger partial charge on any atom is -0.462 e. The number of hydrogen-bond donors (Lipinski definition) is 6.